The van der Waals surface area contributed by atoms with Crippen molar-refractivity contribution in [2.75, 3.05) is 46.6 Å². The van der Waals surface area contributed by atoms with E-state index in [1.165, 1.54) is 0 Å². The number of fused-ring (bicyclic) bond motifs is 3. The minimum Gasteiger partial charge on any atom is -0.493 e. The average Bonchev–Trinajstić information content (AvgIpc) is 2.82. The molecule has 7 nitrogen and oxygen atoms in total. The zero-order chi connectivity index (χ0) is 23.5. The number of amides is 1. The average molecular weight is 455 g/mol. The summed E-state index contributed by atoms with van der Waals surface area (Å²) in [6.07, 6.45) is 3.53. The second-order valence-electron chi connectivity index (χ2n) is 9.23. The summed E-state index contributed by atoms with van der Waals surface area (Å²) in [6, 6.07) is 5.88. The maximum atomic E-state index is 13.5. The van der Waals surface area contributed by atoms with Gasteiger partial charge in [0.2, 0.25) is 0 Å². The van der Waals surface area contributed by atoms with Gasteiger partial charge in [-0.05, 0) is 37.0 Å². The van der Waals surface area contributed by atoms with E-state index in [-0.39, 0.29) is 17.4 Å². The van der Waals surface area contributed by atoms with E-state index in [1.807, 2.05) is 30.2 Å². The maximum Gasteiger partial charge on any atom is 0.257 e. The minimum atomic E-state index is -0.0603. The molecule has 0 saturated carbocycles. The molecule has 2 aliphatic heterocycles. The summed E-state index contributed by atoms with van der Waals surface area (Å²) in [7, 11) is 1.67. The predicted octanol–water partition coefficient (Wildman–Crippen LogP) is 3.46. The van der Waals surface area contributed by atoms with Gasteiger partial charge in [-0.15, -0.1) is 0 Å². The summed E-state index contributed by atoms with van der Waals surface area (Å²) in [5.41, 5.74) is 4.19. The van der Waals surface area contributed by atoms with Crippen molar-refractivity contribution in [1.82, 2.24) is 9.47 Å². The number of carbonyl (C=O) groups is 1. The zero-order valence-electron chi connectivity index (χ0n) is 20.1. The Balaban J connectivity index is 1.81. The molecule has 1 aromatic carbocycles. The molecule has 3 heterocycles. The Morgan fingerprint density at radius 1 is 1.18 bits per heavy atom. The summed E-state index contributed by atoms with van der Waals surface area (Å²) >= 11 is 0. The SMILES string of the molecule is COCCCOc1cc2c(cc1C(=O)N1CCOCC1)-c1cc(=O)c(C)cn1C(C(C)C)C2. The quantitative estimate of drug-likeness (QED) is 0.600. The monoisotopic (exact) mass is 454 g/mol. The summed E-state index contributed by atoms with van der Waals surface area (Å²) in [5, 5.41) is 0. The van der Waals surface area contributed by atoms with E-state index in [9.17, 15) is 9.59 Å². The van der Waals surface area contributed by atoms with Crippen LogP contribution in [-0.2, 0) is 15.9 Å². The molecule has 1 unspecified atom stereocenters. The highest BCUT2D eigenvalue weighted by Crippen LogP contribution is 2.40. The van der Waals surface area contributed by atoms with Crippen molar-refractivity contribution < 1.29 is 19.0 Å². The molecular formula is C26H34N2O5. The van der Waals surface area contributed by atoms with Crippen LogP contribution in [-0.4, -0.2) is 62.0 Å². The van der Waals surface area contributed by atoms with Gasteiger partial charge in [-0.1, -0.05) is 13.8 Å². The fraction of sp³-hybridized carbons (Fsp3) is 0.538. The van der Waals surface area contributed by atoms with Crippen molar-refractivity contribution >= 4 is 5.91 Å². The lowest BCUT2D eigenvalue weighted by Gasteiger charge is -2.34. The van der Waals surface area contributed by atoms with Gasteiger partial charge in [-0.25, -0.2) is 0 Å². The highest BCUT2D eigenvalue weighted by Gasteiger charge is 2.30. The van der Waals surface area contributed by atoms with Crippen LogP contribution >= 0.6 is 0 Å². The molecule has 1 saturated heterocycles. The molecule has 1 aromatic heterocycles. The summed E-state index contributed by atoms with van der Waals surface area (Å²) in [6.45, 7) is 9.52. The van der Waals surface area contributed by atoms with Gasteiger partial charge < -0.3 is 23.7 Å². The highest BCUT2D eigenvalue weighted by atomic mass is 16.5. The van der Waals surface area contributed by atoms with E-state index in [1.54, 1.807) is 13.2 Å². The van der Waals surface area contributed by atoms with Crippen LogP contribution in [0.25, 0.3) is 11.3 Å². The van der Waals surface area contributed by atoms with Crippen LogP contribution in [0.4, 0.5) is 0 Å². The lowest BCUT2D eigenvalue weighted by Crippen LogP contribution is -2.41. The molecule has 178 valence electrons. The number of aromatic nitrogens is 1. The summed E-state index contributed by atoms with van der Waals surface area (Å²) in [5.74, 6) is 0.932. The van der Waals surface area contributed by atoms with Crippen molar-refractivity contribution in [1.29, 1.82) is 0 Å². The lowest BCUT2D eigenvalue weighted by molar-refractivity contribution is 0.0300. The predicted molar refractivity (Wildman–Crippen MR) is 127 cm³/mol. The van der Waals surface area contributed by atoms with Gasteiger partial charge in [0.1, 0.15) is 5.75 Å². The number of carbonyl (C=O) groups excluding carboxylic acids is 1. The fourth-order valence-electron chi connectivity index (χ4n) is 4.66. The minimum absolute atomic E-state index is 0.0116. The van der Waals surface area contributed by atoms with Crippen LogP contribution < -0.4 is 10.2 Å². The Bertz CT molecular complexity index is 1070. The van der Waals surface area contributed by atoms with Crippen molar-refractivity contribution in [3.05, 3.63) is 51.3 Å². The van der Waals surface area contributed by atoms with Gasteiger partial charge in [0.25, 0.3) is 5.91 Å². The number of hydrogen-bond acceptors (Lipinski definition) is 5. The summed E-state index contributed by atoms with van der Waals surface area (Å²) < 4.78 is 18.9. The van der Waals surface area contributed by atoms with E-state index in [2.05, 4.69) is 18.4 Å². The van der Waals surface area contributed by atoms with E-state index in [0.29, 0.717) is 56.7 Å². The molecule has 7 heteroatoms. The van der Waals surface area contributed by atoms with Crippen LogP contribution in [0.3, 0.4) is 0 Å². The first-order valence-corrected chi connectivity index (χ1v) is 11.8. The number of morpholine rings is 1. The molecule has 1 fully saturated rings. The molecule has 0 spiro atoms. The van der Waals surface area contributed by atoms with Crippen molar-refractivity contribution in [3.63, 3.8) is 0 Å². The van der Waals surface area contributed by atoms with Crippen LogP contribution in [0.1, 0.15) is 47.8 Å². The number of nitrogens with zero attached hydrogens (tertiary/aromatic N) is 2. The Morgan fingerprint density at radius 3 is 2.64 bits per heavy atom. The fourth-order valence-corrected chi connectivity index (χ4v) is 4.66. The van der Waals surface area contributed by atoms with E-state index < -0.39 is 0 Å². The number of ether oxygens (including phenoxy) is 3. The Kier molecular flexibility index (Phi) is 7.20. The van der Waals surface area contributed by atoms with E-state index in [0.717, 1.165) is 35.2 Å². The van der Waals surface area contributed by atoms with Gasteiger partial charge in [-0.2, -0.15) is 0 Å². The molecular weight excluding hydrogens is 420 g/mol. The van der Waals surface area contributed by atoms with E-state index in [4.69, 9.17) is 14.2 Å². The van der Waals surface area contributed by atoms with Crippen molar-refractivity contribution in [2.45, 2.75) is 39.7 Å². The second-order valence-corrected chi connectivity index (χ2v) is 9.23. The number of aryl methyl sites for hydroxylation is 1. The van der Waals surface area contributed by atoms with Gasteiger partial charge in [0, 0.05) is 62.7 Å². The number of pyridine rings is 1. The van der Waals surface area contributed by atoms with E-state index >= 15 is 0 Å². The molecule has 1 atom stereocenters. The smallest absolute Gasteiger partial charge is 0.257 e. The molecule has 0 bridgehead atoms. The third kappa shape index (κ3) is 4.84. The van der Waals surface area contributed by atoms with Crippen molar-refractivity contribution in [2.24, 2.45) is 5.92 Å². The third-order valence-corrected chi connectivity index (χ3v) is 6.58. The first kappa shape index (κ1) is 23.5. The van der Waals surface area contributed by atoms with Gasteiger partial charge >= 0.3 is 0 Å². The molecule has 0 N–H and O–H groups in total. The van der Waals surface area contributed by atoms with Gasteiger partial charge in [0.15, 0.2) is 5.43 Å². The lowest BCUT2D eigenvalue weighted by atomic mass is 9.86. The molecule has 2 aliphatic rings. The topological polar surface area (TPSA) is 70.0 Å². The standard InChI is InChI=1S/C26H34N2O5/c1-17(2)22-12-19-13-25(33-9-5-8-31-4)21(26(30)27-6-10-32-11-7-27)14-20(19)23-15-24(29)18(3)16-28(22)23/h13-17,22H,5-12H2,1-4H3. The largest absolute Gasteiger partial charge is 0.493 e. The third-order valence-electron chi connectivity index (χ3n) is 6.58. The normalized spacial score (nSPS) is 17.6. The molecule has 0 aliphatic carbocycles. The Labute approximate surface area is 195 Å². The first-order valence-electron chi connectivity index (χ1n) is 11.8. The summed E-state index contributed by atoms with van der Waals surface area (Å²) in [4.78, 5) is 27.9. The number of benzene rings is 1. The van der Waals surface area contributed by atoms with Gasteiger partial charge in [-0.3, -0.25) is 9.59 Å². The maximum absolute atomic E-state index is 13.5. The number of rotatable bonds is 7. The molecule has 0 radical (unpaired) electrons. The van der Waals surface area contributed by atoms with Crippen LogP contribution in [0.15, 0.2) is 29.2 Å². The van der Waals surface area contributed by atoms with Crippen LogP contribution in [0.2, 0.25) is 0 Å². The Morgan fingerprint density at radius 2 is 1.94 bits per heavy atom. The Hall–Kier alpha value is -2.64. The molecule has 1 amide bonds. The highest BCUT2D eigenvalue weighted by molar-refractivity contribution is 5.98. The van der Waals surface area contributed by atoms with Crippen LogP contribution in [0.5, 0.6) is 5.75 Å². The van der Waals surface area contributed by atoms with Crippen LogP contribution in [0, 0.1) is 12.8 Å². The number of methoxy groups -OCH3 is 1. The van der Waals surface area contributed by atoms with Gasteiger partial charge in [0.05, 0.1) is 31.1 Å². The molecule has 2 aromatic rings. The molecule has 33 heavy (non-hydrogen) atoms. The van der Waals surface area contributed by atoms with Crippen molar-refractivity contribution in [3.8, 4) is 17.0 Å². The first-order chi connectivity index (χ1) is 15.9. The zero-order valence-corrected chi connectivity index (χ0v) is 20.1. The second kappa shape index (κ2) is 10.1. The number of hydrogen-bond donors (Lipinski definition) is 0. The molecule has 4 rings (SSSR count).